The SMILES string of the molecule is c1cnc2cc(Oc3ccnc4ncc5c(c34)CCCC5)ccc2c1. The van der Waals surface area contributed by atoms with Crippen LogP contribution >= 0.6 is 0 Å². The zero-order chi connectivity index (χ0) is 16.6. The van der Waals surface area contributed by atoms with Gasteiger partial charge >= 0.3 is 0 Å². The summed E-state index contributed by atoms with van der Waals surface area (Å²) in [6.07, 6.45) is 10.1. The minimum Gasteiger partial charge on any atom is -0.456 e. The lowest BCUT2D eigenvalue weighted by Crippen LogP contribution is -2.05. The largest absolute Gasteiger partial charge is 0.456 e. The molecule has 4 aromatic rings. The van der Waals surface area contributed by atoms with E-state index in [1.54, 1.807) is 12.4 Å². The lowest BCUT2D eigenvalue weighted by atomic mass is 9.91. The summed E-state index contributed by atoms with van der Waals surface area (Å²) in [5.41, 5.74) is 4.37. The van der Waals surface area contributed by atoms with Gasteiger partial charge in [-0.2, -0.15) is 0 Å². The van der Waals surface area contributed by atoms with Gasteiger partial charge in [0.25, 0.3) is 0 Å². The maximum absolute atomic E-state index is 6.25. The molecule has 4 heteroatoms. The number of pyridine rings is 3. The number of hydrogen-bond donors (Lipinski definition) is 0. The molecule has 0 fully saturated rings. The molecule has 4 nitrogen and oxygen atoms in total. The average molecular weight is 327 g/mol. The van der Waals surface area contributed by atoms with E-state index < -0.39 is 0 Å². The molecule has 1 aliphatic carbocycles. The first-order chi connectivity index (χ1) is 12.4. The topological polar surface area (TPSA) is 47.9 Å². The quantitative estimate of drug-likeness (QED) is 0.528. The molecule has 0 aliphatic heterocycles. The van der Waals surface area contributed by atoms with Crippen molar-refractivity contribution in [3.63, 3.8) is 0 Å². The Hall–Kier alpha value is -3.01. The number of aryl methyl sites for hydroxylation is 2. The van der Waals surface area contributed by atoms with Gasteiger partial charge in [0.05, 0.1) is 10.9 Å². The van der Waals surface area contributed by atoms with Crippen LogP contribution in [0.1, 0.15) is 24.0 Å². The van der Waals surface area contributed by atoms with Crippen molar-refractivity contribution >= 4 is 21.9 Å². The Morgan fingerprint density at radius 2 is 1.84 bits per heavy atom. The van der Waals surface area contributed by atoms with Gasteiger partial charge in [-0.1, -0.05) is 6.07 Å². The van der Waals surface area contributed by atoms with E-state index in [1.165, 1.54) is 24.0 Å². The van der Waals surface area contributed by atoms with Crippen molar-refractivity contribution in [1.29, 1.82) is 0 Å². The van der Waals surface area contributed by atoms with Crippen LogP contribution in [0.5, 0.6) is 11.5 Å². The molecular weight excluding hydrogens is 310 g/mol. The highest BCUT2D eigenvalue weighted by Gasteiger charge is 2.17. The predicted octanol–water partition coefficient (Wildman–Crippen LogP) is 4.85. The Morgan fingerprint density at radius 1 is 0.880 bits per heavy atom. The Bertz CT molecular complexity index is 1090. The number of benzene rings is 1. The van der Waals surface area contributed by atoms with Crippen molar-refractivity contribution in [3.8, 4) is 11.5 Å². The van der Waals surface area contributed by atoms with Crippen molar-refractivity contribution in [3.05, 3.63) is 66.1 Å². The third-order valence-electron chi connectivity index (χ3n) is 4.85. The van der Waals surface area contributed by atoms with Crippen molar-refractivity contribution in [2.45, 2.75) is 25.7 Å². The lowest BCUT2D eigenvalue weighted by Gasteiger charge is -2.18. The second-order valence-corrected chi connectivity index (χ2v) is 6.44. The van der Waals surface area contributed by atoms with Gasteiger partial charge in [-0.05, 0) is 61.1 Å². The number of ether oxygens (including phenoxy) is 1. The first kappa shape index (κ1) is 14.3. The van der Waals surface area contributed by atoms with Gasteiger partial charge in [0, 0.05) is 30.0 Å². The molecular formula is C21H17N3O. The smallest absolute Gasteiger partial charge is 0.163 e. The lowest BCUT2D eigenvalue weighted by molar-refractivity contribution is 0.487. The van der Waals surface area contributed by atoms with Crippen molar-refractivity contribution in [2.24, 2.45) is 0 Å². The highest BCUT2D eigenvalue weighted by molar-refractivity contribution is 5.87. The molecule has 0 amide bonds. The molecule has 3 aromatic heterocycles. The van der Waals surface area contributed by atoms with Gasteiger partial charge < -0.3 is 4.74 Å². The summed E-state index contributed by atoms with van der Waals surface area (Å²) < 4.78 is 6.25. The van der Waals surface area contributed by atoms with Crippen LogP contribution in [-0.4, -0.2) is 15.0 Å². The minimum absolute atomic E-state index is 0.761. The van der Waals surface area contributed by atoms with Crippen molar-refractivity contribution in [1.82, 2.24) is 15.0 Å². The van der Waals surface area contributed by atoms with E-state index in [0.29, 0.717) is 0 Å². The molecule has 0 saturated heterocycles. The number of nitrogens with zero attached hydrogens (tertiary/aromatic N) is 3. The van der Waals surface area contributed by atoms with Crippen LogP contribution < -0.4 is 4.74 Å². The minimum atomic E-state index is 0.761. The number of fused-ring (bicyclic) bond motifs is 4. The predicted molar refractivity (Wildman–Crippen MR) is 98.0 cm³/mol. The third-order valence-corrected chi connectivity index (χ3v) is 4.85. The molecule has 0 saturated carbocycles. The molecule has 0 atom stereocenters. The summed E-state index contributed by atoms with van der Waals surface area (Å²) in [5, 5.41) is 2.16. The van der Waals surface area contributed by atoms with Gasteiger partial charge in [-0.25, -0.2) is 9.97 Å². The van der Waals surface area contributed by atoms with E-state index in [-0.39, 0.29) is 0 Å². The number of rotatable bonds is 2. The molecule has 122 valence electrons. The monoisotopic (exact) mass is 327 g/mol. The third kappa shape index (κ3) is 2.50. The first-order valence-electron chi connectivity index (χ1n) is 8.66. The van der Waals surface area contributed by atoms with E-state index >= 15 is 0 Å². The molecule has 0 spiro atoms. The first-order valence-corrected chi connectivity index (χ1v) is 8.66. The maximum Gasteiger partial charge on any atom is 0.163 e. The zero-order valence-electron chi connectivity index (χ0n) is 13.8. The van der Waals surface area contributed by atoms with Gasteiger partial charge in [0.1, 0.15) is 11.5 Å². The normalized spacial score (nSPS) is 13.8. The van der Waals surface area contributed by atoms with Crippen LogP contribution in [-0.2, 0) is 12.8 Å². The molecule has 0 N–H and O–H groups in total. The van der Waals surface area contributed by atoms with E-state index in [2.05, 4.69) is 15.0 Å². The fraction of sp³-hybridized carbons (Fsp3) is 0.190. The molecule has 0 bridgehead atoms. The average Bonchev–Trinajstić information content (AvgIpc) is 2.68. The van der Waals surface area contributed by atoms with E-state index in [0.717, 1.165) is 46.3 Å². The standard InChI is InChI=1S/C21H17N3O/c1-2-6-17-15(4-1)13-24-21-20(17)19(9-11-23-21)25-16-8-7-14-5-3-10-22-18(14)12-16/h3,5,7-13H,1-2,4,6H2. The number of aromatic nitrogens is 3. The van der Waals surface area contributed by atoms with Crippen LogP contribution in [0.3, 0.4) is 0 Å². The summed E-state index contributed by atoms with van der Waals surface area (Å²) in [7, 11) is 0. The van der Waals surface area contributed by atoms with Gasteiger partial charge in [-0.15, -0.1) is 0 Å². The summed E-state index contributed by atoms with van der Waals surface area (Å²) in [4.78, 5) is 13.4. The fourth-order valence-electron chi connectivity index (χ4n) is 3.63. The fourth-order valence-corrected chi connectivity index (χ4v) is 3.63. The van der Waals surface area contributed by atoms with Crippen LogP contribution in [0.25, 0.3) is 21.9 Å². The Balaban J connectivity index is 1.64. The van der Waals surface area contributed by atoms with Crippen LogP contribution in [0.4, 0.5) is 0 Å². The molecule has 1 aliphatic rings. The molecule has 1 aromatic carbocycles. The van der Waals surface area contributed by atoms with E-state index in [9.17, 15) is 0 Å². The summed E-state index contributed by atoms with van der Waals surface area (Å²) in [5.74, 6) is 1.61. The second-order valence-electron chi connectivity index (χ2n) is 6.44. The van der Waals surface area contributed by atoms with E-state index in [4.69, 9.17) is 4.74 Å². The van der Waals surface area contributed by atoms with Gasteiger partial charge in [0.15, 0.2) is 5.65 Å². The second kappa shape index (κ2) is 5.81. The van der Waals surface area contributed by atoms with Crippen LogP contribution in [0.15, 0.2) is 55.0 Å². The maximum atomic E-state index is 6.25. The van der Waals surface area contributed by atoms with Crippen LogP contribution in [0, 0.1) is 0 Å². The Labute approximate surface area is 145 Å². The van der Waals surface area contributed by atoms with Crippen molar-refractivity contribution in [2.75, 3.05) is 0 Å². The molecule has 0 unspecified atom stereocenters. The molecule has 3 heterocycles. The summed E-state index contributed by atoms with van der Waals surface area (Å²) in [6.45, 7) is 0. The highest BCUT2D eigenvalue weighted by Crippen LogP contribution is 2.35. The van der Waals surface area contributed by atoms with Crippen molar-refractivity contribution < 1.29 is 4.74 Å². The summed E-state index contributed by atoms with van der Waals surface area (Å²) >= 11 is 0. The van der Waals surface area contributed by atoms with Crippen LogP contribution in [0.2, 0.25) is 0 Å². The van der Waals surface area contributed by atoms with Gasteiger partial charge in [0.2, 0.25) is 0 Å². The highest BCUT2D eigenvalue weighted by atomic mass is 16.5. The molecule has 5 rings (SSSR count). The molecule has 25 heavy (non-hydrogen) atoms. The Morgan fingerprint density at radius 3 is 2.84 bits per heavy atom. The molecule has 0 radical (unpaired) electrons. The zero-order valence-corrected chi connectivity index (χ0v) is 13.8. The Kier molecular flexibility index (Phi) is 3.33. The van der Waals surface area contributed by atoms with Gasteiger partial charge in [-0.3, -0.25) is 4.98 Å². The number of hydrogen-bond acceptors (Lipinski definition) is 4. The summed E-state index contributed by atoms with van der Waals surface area (Å²) in [6, 6.07) is 11.9. The van der Waals surface area contributed by atoms with E-state index in [1.807, 2.05) is 42.6 Å².